The first kappa shape index (κ1) is 9.75. The van der Waals surface area contributed by atoms with Crippen molar-refractivity contribution in [1.82, 2.24) is 0 Å². The van der Waals surface area contributed by atoms with Crippen LogP contribution >= 0.6 is 11.3 Å². The molecule has 0 bridgehead atoms. The molecule has 1 nitrogen and oxygen atoms in total. The zero-order chi connectivity index (χ0) is 9.14. The van der Waals surface area contributed by atoms with Gasteiger partial charge in [0.25, 0.3) is 0 Å². The van der Waals surface area contributed by atoms with Crippen LogP contribution < -0.4 is 5.73 Å². The summed E-state index contributed by atoms with van der Waals surface area (Å²) in [6.45, 7) is 6.51. The van der Waals surface area contributed by atoms with E-state index in [1.54, 1.807) is 11.3 Å². The number of nitrogens with two attached hydrogens (primary N) is 1. The van der Waals surface area contributed by atoms with Gasteiger partial charge in [0.1, 0.15) is 0 Å². The summed E-state index contributed by atoms with van der Waals surface area (Å²) in [5.41, 5.74) is 7.40. The van der Waals surface area contributed by atoms with E-state index in [0.29, 0.717) is 5.92 Å². The number of hydrogen-bond acceptors (Lipinski definition) is 2. The van der Waals surface area contributed by atoms with Crippen molar-refractivity contribution >= 4 is 11.3 Å². The minimum Gasteiger partial charge on any atom is -0.323 e. The van der Waals surface area contributed by atoms with E-state index in [-0.39, 0.29) is 6.04 Å². The summed E-state index contributed by atoms with van der Waals surface area (Å²) in [6, 6.07) is 2.43. The van der Waals surface area contributed by atoms with Gasteiger partial charge in [-0.2, -0.15) is 0 Å². The molecule has 0 amide bonds. The van der Waals surface area contributed by atoms with E-state index in [1.807, 2.05) is 0 Å². The van der Waals surface area contributed by atoms with Crippen molar-refractivity contribution in [2.45, 2.75) is 33.2 Å². The molecule has 0 saturated carbocycles. The van der Waals surface area contributed by atoms with E-state index in [4.69, 9.17) is 5.73 Å². The molecule has 1 aromatic heterocycles. The quantitative estimate of drug-likeness (QED) is 0.765. The molecule has 2 atom stereocenters. The van der Waals surface area contributed by atoms with E-state index in [2.05, 4.69) is 32.2 Å². The molecule has 0 saturated heterocycles. The molecule has 68 valence electrons. The Morgan fingerprint density at radius 3 is 2.67 bits per heavy atom. The fourth-order valence-corrected chi connectivity index (χ4v) is 2.20. The third-order valence-electron chi connectivity index (χ3n) is 2.34. The van der Waals surface area contributed by atoms with Crippen LogP contribution in [-0.4, -0.2) is 0 Å². The van der Waals surface area contributed by atoms with Gasteiger partial charge in [0, 0.05) is 10.9 Å². The van der Waals surface area contributed by atoms with Crippen LogP contribution in [0.4, 0.5) is 0 Å². The maximum atomic E-state index is 6.07. The van der Waals surface area contributed by atoms with Gasteiger partial charge >= 0.3 is 0 Å². The average Bonchev–Trinajstić information content (AvgIpc) is 2.49. The normalized spacial score (nSPS) is 16.0. The van der Waals surface area contributed by atoms with Crippen LogP contribution in [0.2, 0.25) is 0 Å². The van der Waals surface area contributed by atoms with Crippen LogP contribution in [0, 0.1) is 12.8 Å². The highest BCUT2D eigenvalue weighted by atomic mass is 32.1. The number of hydrogen-bond donors (Lipinski definition) is 1. The van der Waals surface area contributed by atoms with Crippen molar-refractivity contribution < 1.29 is 0 Å². The van der Waals surface area contributed by atoms with Crippen molar-refractivity contribution in [2.75, 3.05) is 0 Å². The number of thiophene rings is 1. The highest BCUT2D eigenvalue weighted by Gasteiger charge is 2.13. The van der Waals surface area contributed by atoms with Gasteiger partial charge in [-0.05, 0) is 29.9 Å². The predicted octanol–water partition coefficient (Wildman–Crippen LogP) is 3.10. The van der Waals surface area contributed by atoms with E-state index in [0.717, 1.165) is 6.42 Å². The SMILES string of the molecule is CCC(C)C(N)c1cc(C)cs1. The van der Waals surface area contributed by atoms with Gasteiger partial charge in [-0.15, -0.1) is 11.3 Å². The summed E-state index contributed by atoms with van der Waals surface area (Å²) in [5.74, 6) is 0.586. The molecule has 2 unspecified atom stereocenters. The second-order valence-electron chi connectivity index (χ2n) is 3.44. The maximum Gasteiger partial charge on any atom is 0.0415 e. The topological polar surface area (TPSA) is 26.0 Å². The lowest BCUT2D eigenvalue weighted by Gasteiger charge is -2.16. The molecule has 12 heavy (non-hydrogen) atoms. The van der Waals surface area contributed by atoms with Gasteiger partial charge in [0.2, 0.25) is 0 Å². The van der Waals surface area contributed by atoms with Gasteiger partial charge in [-0.3, -0.25) is 0 Å². The first-order valence-electron chi connectivity index (χ1n) is 4.45. The summed E-state index contributed by atoms with van der Waals surface area (Å²) < 4.78 is 0. The zero-order valence-corrected chi connectivity index (χ0v) is 8.82. The Hall–Kier alpha value is -0.340. The van der Waals surface area contributed by atoms with E-state index in [1.165, 1.54) is 10.4 Å². The minimum atomic E-state index is 0.230. The van der Waals surface area contributed by atoms with E-state index in [9.17, 15) is 0 Å². The lowest BCUT2D eigenvalue weighted by molar-refractivity contribution is 0.462. The smallest absolute Gasteiger partial charge is 0.0415 e. The molecule has 0 spiro atoms. The molecule has 1 heterocycles. The molecule has 0 aliphatic heterocycles. The molecular weight excluding hydrogens is 166 g/mol. The fourth-order valence-electron chi connectivity index (χ4n) is 1.16. The largest absolute Gasteiger partial charge is 0.323 e. The van der Waals surface area contributed by atoms with Crippen molar-refractivity contribution in [3.63, 3.8) is 0 Å². The van der Waals surface area contributed by atoms with Crippen molar-refractivity contribution in [1.29, 1.82) is 0 Å². The number of rotatable bonds is 3. The van der Waals surface area contributed by atoms with Crippen molar-refractivity contribution in [3.8, 4) is 0 Å². The van der Waals surface area contributed by atoms with Crippen LogP contribution in [-0.2, 0) is 0 Å². The third-order valence-corrected chi connectivity index (χ3v) is 3.49. The first-order valence-corrected chi connectivity index (χ1v) is 5.33. The van der Waals surface area contributed by atoms with E-state index >= 15 is 0 Å². The lowest BCUT2D eigenvalue weighted by atomic mass is 9.99. The summed E-state index contributed by atoms with van der Waals surface area (Å²) in [5, 5.41) is 2.16. The van der Waals surface area contributed by atoms with Crippen LogP contribution in [0.15, 0.2) is 11.4 Å². The Balaban J connectivity index is 2.70. The molecule has 0 aliphatic carbocycles. The molecule has 0 radical (unpaired) electrons. The first-order chi connectivity index (χ1) is 5.65. The standard InChI is InChI=1S/C10H17NS/c1-4-8(3)10(11)9-5-7(2)6-12-9/h5-6,8,10H,4,11H2,1-3H3. The fraction of sp³-hybridized carbons (Fsp3) is 0.600. The molecule has 0 fully saturated rings. The van der Waals surface area contributed by atoms with Gasteiger partial charge < -0.3 is 5.73 Å². The van der Waals surface area contributed by atoms with Crippen LogP contribution in [0.25, 0.3) is 0 Å². The molecule has 1 rings (SSSR count). The highest BCUT2D eigenvalue weighted by Crippen LogP contribution is 2.26. The minimum absolute atomic E-state index is 0.230. The van der Waals surface area contributed by atoms with E-state index < -0.39 is 0 Å². The van der Waals surface area contributed by atoms with Gasteiger partial charge in [-0.25, -0.2) is 0 Å². The number of aryl methyl sites for hydroxylation is 1. The van der Waals surface area contributed by atoms with Gasteiger partial charge in [0.05, 0.1) is 0 Å². The van der Waals surface area contributed by atoms with Crippen molar-refractivity contribution in [3.05, 3.63) is 21.9 Å². The molecule has 1 aromatic rings. The van der Waals surface area contributed by atoms with Crippen molar-refractivity contribution in [2.24, 2.45) is 11.7 Å². The highest BCUT2D eigenvalue weighted by molar-refractivity contribution is 7.10. The Bertz CT molecular complexity index is 242. The summed E-state index contributed by atoms with van der Waals surface area (Å²) >= 11 is 1.78. The zero-order valence-electron chi connectivity index (χ0n) is 8.00. The van der Waals surface area contributed by atoms with Crippen LogP contribution in [0.3, 0.4) is 0 Å². The molecule has 0 aliphatic rings. The lowest BCUT2D eigenvalue weighted by Crippen LogP contribution is -2.17. The Kier molecular flexibility index (Phi) is 3.29. The Labute approximate surface area is 78.6 Å². The summed E-state index contributed by atoms with van der Waals surface area (Å²) in [7, 11) is 0. The van der Waals surface area contributed by atoms with Crippen LogP contribution in [0.5, 0.6) is 0 Å². The monoisotopic (exact) mass is 183 g/mol. The molecular formula is C10H17NS. The molecule has 2 N–H and O–H groups in total. The maximum absolute atomic E-state index is 6.07. The van der Waals surface area contributed by atoms with Gasteiger partial charge in [-0.1, -0.05) is 20.3 Å². The third kappa shape index (κ3) is 2.08. The molecule has 0 aromatic carbocycles. The summed E-state index contributed by atoms with van der Waals surface area (Å²) in [6.07, 6.45) is 1.15. The molecule has 2 heteroatoms. The average molecular weight is 183 g/mol. The second-order valence-corrected chi connectivity index (χ2v) is 4.38. The Morgan fingerprint density at radius 1 is 1.58 bits per heavy atom. The Morgan fingerprint density at radius 2 is 2.25 bits per heavy atom. The summed E-state index contributed by atoms with van der Waals surface area (Å²) in [4.78, 5) is 1.32. The predicted molar refractivity (Wildman–Crippen MR) is 55.4 cm³/mol. The second kappa shape index (κ2) is 4.06. The van der Waals surface area contributed by atoms with Crippen LogP contribution in [0.1, 0.15) is 36.8 Å². The van der Waals surface area contributed by atoms with Gasteiger partial charge in [0.15, 0.2) is 0 Å².